The van der Waals surface area contributed by atoms with E-state index in [9.17, 15) is 9.90 Å². The molecule has 1 amide bonds. The number of hydrogen-bond acceptors (Lipinski definition) is 4. The highest BCUT2D eigenvalue weighted by molar-refractivity contribution is 5.73. The van der Waals surface area contributed by atoms with Crippen molar-refractivity contribution in [3.8, 4) is 0 Å². The van der Waals surface area contributed by atoms with E-state index in [1.165, 1.54) is 0 Å². The van der Waals surface area contributed by atoms with Crippen molar-refractivity contribution in [3.63, 3.8) is 0 Å². The number of amides is 1. The molecule has 5 nitrogen and oxygen atoms in total. The van der Waals surface area contributed by atoms with E-state index >= 15 is 0 Å². The number of carbonyl (C=O) groups is 1. The van der Waals surface area contributed by atoms with Crippen LogP contribution in [0.15, 0.2) is 0 Å². The Balaban J connectivity index is 2.49. The fraction of sp³-hybridized carbons (Fsp3) is 0.933. The molecule has 0 radical (unpaired) electrons. The van der Waals surface area contributed by atoms with Gasteiger partial charge in [-0.1, -0.05) is 0 Å². The average molecular weight is 286 g/mol. The molecule has 1 unspecified atom stereocenters. The van der Waals surface area contributed by atoms with Gasteiger partial charge >= 0.3 is 0 Å². The molecule has 0 aromatic carbocycles. The molecule has 1 heterocycles. The Morgan fingerprint density at radius 2 is 1.95 bits per heavy atom. The first-order valence-corrected chi connectivity index (χ1v) is 7.34. The lowest BCUT2D eigenvalue weighted by Gasteiger charge is -2.47. The van der Waals surface area contributed by atoms with Crippen LogP contribution in [0.3, 0.4) is 0 Å². The molecule has 0 saturated carbocycles. The second-order valence-electron chi connectivity index (χ2n) is 7.28. The van der Waals surface area contributed by atoms with Crippen LogP contribution >= 0.6 is 0 Å². The first-order valence-electron chi connectivity index (χ1n) is 7.34. The topological polar surface area (TPSA) is 53.0 Å². The van der Waals surface area contributed by atoms with Gasteiger partial charge in [0.25, 0.3) is 0 Å². The quantitative estimate of drug-likeness (QED) is 0.841. The van der Waals surface area contributed by atoms with Gasteiger partial charge in [0.1, 0.15) is 0 Å². The summed E-state index contributed by atoms with van der Waals surface area (Å²) in [5.41, 5.74) is -0.351. The molecule has 20 heavy (non-hydrogen) atoms. The number of ether oxygens (including phenoxy) is 1. The summed E-state index contributed by atoms with van der Waals surface area (Å²) >= 11 is 0. The number of aliphatic hydroxyl groups excluding tert-OH is 1. The monoisotopic (exact) mass is 286 g/mol. The summed E-state index contributed by atoms with van der Waals surface area (Å²) in [5.74, 6) is 0.120. The highest BCUT2D eigenvalue weighted by Crippen LogP contribution is 2.21. The summed E-state index contributed by atoms with van der Waals surface area (Å²) in [6.07, 6.45) is -0.502. The Hall–Kier alpha value is -0.650. The van der Waals surface area contributed by atoms with Crippen LogP contribution in [-0.4, -0.2) is 70.8 Å². The maximum Gasteiger partial charge on any atom is 0.219 e. The van der Waals surface area contributed by atoms with Gasteiger partial charge in [-0.3, -0.25) is 9.69 Å². The molecular formula is C15H30N2O3. The molecule has 1 aliphatic rings. The van der Waals surface area contributed by atoms with Crippen LogP contribution in [0.2, 0.25) is 0 Å². The Morgan fingerprint density at radius 1 is 1.35 bits per heavy atom. The largest absolute Gasteiger partial charge is 0.389 e. The number of rotatable bonds is 4. The molecule has 0 aliphatic carbocycles. The normalized spacial score (nSPS) is 21.9. The maximum atomic E-state index is 11.5. The van der Waals surface area contributed by atoms with Gasteiger partial charge in [0.2, 0.25) is 5.91 Å². The smallest absolute Gasteiger partial charge is 0.219 e. The van der Waals surface area contributed by atoms with Crippen molar-refractivity contribution in [1.29, 1.82) is 0 Å². The van der Waals surface area contributed by atoms with E-state index in [4.69, 9.17) is 4.74 Å². The van der Waals surface area contributed by atoms with Crippen LogP contribution in [0, 0.1) is 0 Å². The zero-order chi connectivity index (χ0) is 15.6. The van der Waals surface area contributed by atoms with Gasteiger partial charge in [-0.25, -0.2) is 0 Å². The molecule has 5 heteroatoms. The Morgan fingerprint density at radius 3 is 2.40 bits per heavy atom. The van der Waals surface area contributed by atoms with Crippen molar-refractivity contribution >= 4 is 5.91 Å². The third-order valence-corrected chi connectivity index (χ3v) is 3.66. The summed E-state index contributed by atoms with van der Waals surface area (Å²) in [6.45, 7) is 14.9. The number of hydrogen-bond donors (Lipinski definition) is 1. The van der Waals surface area contributed by atoms with Gasteiger partial charge in [0.15, 0.2) is 0 Å². The zero-order valence-corrected chi connectivity index (χ0v) is 13.8. The minimum absolute atomic E-state index is 0.118. The molecular weight excluding hydrogens is 256 g/mol. The molecule has 0 bridgehead atoms. The van der Waals surface area contributed by atoms with E-state index in [1.807, 2.05) is 25.7 Å². The molecule has 0 aromatic heterocycles. The molecule has 118 valence electrons. The highest BCUT2D eigenvalue weighted by Gasteiger charge is 2.35. The maximum absolute atomic E-state index is 11.5. The van der Waals surface area contributed by atoms with E-state index in [1.54, 1.807) is 6.92 Å². The van der Waals surface area contributed by atoms with Gasteiger partial charge in [0, 0.05) is 38.6 Å². The Labute approximate surface area is 122 Å². The van der Waals surface area contributed by atoms with Crippen LogP contribution in [0.4, 0.5) is 0 Å². The number of nitrogens with zero attached hydrogens (tertiary/aromatic N) is 2. The standard InChI is InChI=1S/C15H30N2O3/c1-12(18)16-7-8-17(15(5,6)11-16)9-13(19)10-20-14(2,3)4/h13,19H,7-11H2,1-6H3. The van der Waals surface area contributed by atoms with Crippen molar-refractivity contribution in [1.82, 2.24) is 9.80 Å². The first kappa shape index (κ1) is 17.4. The van der Waals surface area contributed by atoms with Gasteiger partial charge in [-0.2, -0.15) is 0 Å². The molecule has 1 atom stereocenters. The Kier molecular flexibility index (Phi) is 5.58. The molecule has 0 aromatic rings. The average Bonchev–Trinajstić information content (AvgIpc) is 2.27. The van der Waals surface area contributed by atoms with Crippen LogP contribution in [-0.2, 0) is 9.53 Å². The lowest BCUT2D eigenvalue weighted by atomic mass is 9.98. The summed E-state index contributed by atoms with van der Waals surface area (Å²) in [5, 5.41) is 10.1. The lowest BCUT2D eigenvalue weighted by Crippen LogP contribution is -2.61. The minimum Gasteiger partial charge on any atom is -0.389 e. The van der Waals surface area contributed by atoms with E-state index in [0.717, 1.165) is 13.1 Å². The number of β-amino-alcohol motifs (C(OH)–C–C–N with tert-alkyl or cyclic N) is 1. The predicted molar refractivity (Wildman–Crippen MR) is 79.6 cm³/mol. The van der Waals surface area contributed by atoms with E-state index in [0.29, 0.717) is 19.7 Å². The van der Waals surface area contributed by atoms with Crippen molar-refractivity contribution < 1.29 is 14.6 Å². The van der Waals surface area contributed by atoms with E-state index in [-0.39, 0.29) is 17.0 Å². The van der Waals surface area contributed by atoms with E-state index < -0.39 is 6.10 Å². The van der Waals surface area contributed by atoms with Crippen LogP contribution in [0.1, 0.15) is 41.5 Å². The van der Waals surface area contributed by atoms with Crippen molar-refractivity contribution in [2.24, 2.45) is 0 Å². The molecule has 1 aliphatic heterocycles. The molecule has 1 fully saturated rings. The fourth-order valence-corrected chi connectivity index (χ4v) is 2.45. The molecule has 1 rings (SSSR count). The molecule has 1 saturated heterocycles. The summed E-state index contributed by atoms with van der Waals surface area (Å²) in [7, 11) is 0. The number of aliphatic hydroxyl groups is 1. The summed E-state index contributed by atoms with van der Waals surface area (Å²) in [6, 6.07) is 0. The SMILES string of the molecule is CC(=O)N1CCN(CC(O)COC(C)(C)C)C(C)(C)C1. The number of carbonyl (C=O) groups excluding carboxylic acids is 1. The zero-order valence-electron chi connectivity index (χ0n) is 13.8. The van der Waals surface area contributed by atoms with Crippen LogP contribution in [0.25, 0.3) is 0 Å². The van der Waals surface area contributed by atoms with Gasteiger partial charge in [0.05, 0.1) is 18.3 Å². The third kappa shape index (κ3) is 5.38. The van der Waals surface area contributed by atoms with Crippen LogP contribution in [0.5, 0.6) is 0 Å². The molecule has 1 N–H and O–H groups in total. The summed E-state index contributed by atoms with van der Waals surface area (Å²) < 4.78 is 5.62. The van der Waals surface area contributed by atoms with Crippen molar-refractivity contribution in [2.45, 2.75) is 58.8 Å². The van der Waals surface area contributed by atoms with E-state index in [2.05, 4.69) is 18.7 Å². The van der Waals surface area contributed by atoms with Gasteiger partial charge < -0.3 is 14.7 Å². The van der Waals surface area contributed by atoms with Gasteiger partial charge in [-0.05, 0) is 34.6 Å². The lowest BCUT2D eigenvalue weighted by molar-refractivity contribution is -0.135. The Bertz CT molecular complexity index is 337. The van der Waals surface area contributed by atoms with Crippen molar-refractivity contribution in [3.05, 3.63) is 0 Å². The second kappa shape index (κ2) is 6.41. The third-order valence-electron chi connectivity index (χ3n) is 3.66. The van der Waals surface area contributed by atoms with Crippen molar-refractivity contribution in [2.75, 3.05) is 32.8 Å². The highest BCUT2D eigenvalue weighted by atomic mass is 16.5. The minimum atomic E-state index is -0.502. The number of piperazine rings is 1. The fourth-order valence-electron chi connectivity index (χ4n) is 2.45. The van der Waals surface area contributed by atoms with Gasteiger partial charge in [-0.15, -0.1) is 0 Å². The summed E-state index contributed by atoms with van der Waals surface area (Å²) in [4.78, 5) is 15.6. The molecule has 0 spiro atoms. The predicted octanol–water partition coefficient (Wildman–Crippen LogP) is 1.11. The first-order chi connectivity index (χ1) is 9.01. The van der Waals surface area contributed by atoms with Crippen LogP contribution < -0.4 is 0 Å². The second-order valence-corrected chi connectivity index (χ2v) is 7.28.